The highest BCUT2D eigenvalue weighted by molar-refractivity contribution is 5.99. The summed E-state index contributed by atoms with van der Waals surface area (Å²) >= 11 is 0. The summed E-state index contributed by atoms with van der Waals surface area (Å²) in [6.07, 6.45) is 5.62. The van der Waals surface area contributed by atoms with Crippen molar-refractivity contribution in [3.63, 3.8) is 0 Å². The van der Waals surface area contributed by atoms with E-state index >= 15 is 0 Å². The molecule has 0 amide bonds. The average Bonchev–Trinajstić information content (AvgIpc) is 2.63. The Morgan fingerprint density at radius 2 is 1.71 bits per heavy atom. The largest absolute Gasteiger partial charge is 0.345 e. The Morgan fingerprint density at radius 3 is 2.33 bits per heavy atom. The Labute approximate surface area is 128 Å². The van der Waals surface area contributed by atoms with Gasteiger partial charge in [-0.15, -0.1) is 0 Å². The fourth-order valence-electron chi connectivity index (χ4n) is 4.80. The molecule has 2 aliphatic carbocycles. The minimum Gasteiger partial charge on any atom is -0.345 e. The van der Waals surface area contributed by atoms with Gasteiger partial charge in [-0.05, 0) is 55.9 Å². The van der Waals surface area contributed by atoms with Gasteiger partial charge in [0.15, 0.2) is 5.78 Å². The molecule has 1 aromatic rings. The van der Waals surface area contributed by atoms with Gasteiger partial charge in [0.05, 0.1) is 0 Å². The van der Waals surface area contributed by atoms with Crippen LogP contribution in [0.25, 0.3) is 0 Å². The van der Waals surface area contributed by atoms with Gasteiger partial charge in [0.1, 0.15) is 0 Å². The third kappa shape index (κ3) is 2.69. The molecule has 2 atom stereocenters. The lowest BCUT2D eigenvalue weighted by Crippen LogP contribution is -2.30. The van der Waals surface area contributed by atoms with Crippen LogP contribution in [0.4, 0.5) is 0 Å². The van der Waals surface area contributed by atoms with Gasteiger partial charge in [0.2, 0.25) is 0 Å². The number of aromatic nitrogens is 1. The van der Waals surface area contributed by atoms with E-state index in [0.717, 1.165) is 23.8 Å². The van der Waals surface area contributed by atoms with Crippen molar-refractivity contribution in [2.24, 2.45) is 17.3 Å². The summed E-state index contributed by atoms with van der Waals surface area (Å²) in [5, 5.41) is 0. The Balaban J connectivity index is 2.02. The lowest BCUT2D eigenvalue weighted by atomic mass is 9.75. The maximum atomic E-state index is 12.5. The van der Waals surface area contributed by atoms with E-state index in [1.807, 2.05) is 0 Å². The summed E-state index contributed by atoms with van der Waals surface area (Å²) in [5.74, 6) is 1.94. The molecule has 1 fully saturated rings. The van der Waals surface area contributed by atoms with Crippen molar-refractivity contribution in [2.45, 2.75) is 72.8 Å². The van der Waals surface area contributed by atoms with E-state index in [2.05, 4.69) is 45.3 Å². The van der Waals surface area contributed by atoms with E-state index in [4.69, 9.17) is 0 Å². The molecular formula is C19H29NO. The predicted octanol–water partition coefficient (Wildman–Crippen LogP) is 4.95. The van der Waals surface area contributed by atoms with E-state index in [9.17, 15) is 4.79 Å². The normalized spacial score (nSPS) is 32.0. The van der Waals surface area contributed by atoms with Crippen molar-refractivity contribution < 1.29 is 4.79 Å². The van der Waals surface area contributed by atoms with Gasteiger partial charge in [-0.2, -0.15) is 0 Å². The lowest BCUT2D eigenvalue weighted by molar-refractivity contribution is 0.0908. The molecule has 2 nitrogen and oxygen atoms in total. The molecule has 0 aromatic carbocycles. The minimum atomic E-state index is 0.110. The molecule has 2 unspecified atom stereocenters. The van der Waals surface area contributed by atoms with Crippen LogP contribution in [0.3, 0.4) is 0 Å². The first-order chi connectivity index (χ1) is 9.77. The number of nitrogens with zero attached hydrogens (tertiary/aromatic N) is 1. The molecule has 116 valence electrons. The maximum Gasteiger partial charge on any atom is 0.165 e. The van der Waals surface area contributed by atoms with E-state index in [1.54, 1.807) is 0 Å². The van der Waals surface area contributed by atoms with Crippen molar-refractivity contribution in [1.29, 1.82) is 0 Å². The zero-order valence-electron chi connectivity index (χ0n) is 14.2. The monoisotopic (exact) mass is 287 g/mol. The molecule has 0 spiro atoms. The Hall–Kier alpha value is -1.05. The van der Waals surface area contributed by atoms with Crippen molar-refractivity contribution in [3.8, 4) is 0 Å². The second kappa shape index (κ2) is 5.00. The number of carbonyl (C=O) groups excluding carboxylic acids is 1. The van der Waals surface area contributed by atoms with Crippen LogP contribution in [-0.4, -0.2) is 10.4 Å². The zero-order valence-corrected chi connectivity index (χ0v) is 14.2. The summed E-state index contributed by atoms with van der Waals surface area (Å²) in [4.78, 5) is 12.5. The molecule has 0 bridgehead atoms. The quantitative estimate of drug-likeness (QED) is 0.716. The van der Waals surface area contributed by atoms with Crippen LogP contribution in [0.5, 0.6) is 0 Å². The first-order valence-electron chi connectivity index (χ1n) is 8.51. The first-order valence-corrected chi connectivity index (χ1v) is 8.51. The number of hydrogen-bond donors (Lipinski definition) is 0. The molecule has 0 saturated heterocycles. The lowest BCUT2D eigenvalue weighted by Gasteiger charge is -2.37. The number of rotatable bonds is 1. The van der Waals surface area contributed by atoms with Crippen LogP contribution in [0.15, 0.2) is 6.07 Å². The van der Waals surface area contributed by atoms with Gasteiger partial charge >= 0.3 is 0 Å². The highest BCUT2D eigenvalue weighted by Crippen LogP contribution is 2.42. The molecule has 1 aromatic heterocycles. The van der Waals surface area contributed by atoms with Crippen LogP contribution in [0.1, 0.15) is 81.2 Å². The fraction of sp³-hybridized carbons (Fsp3) is 0.737. The van der Waals surface area contributed by atoms with Gasteiger partial charge in [-0.3, -0.25) is 4.79 Å². The summed E-state index contributed by atoms with van der Waals surface area (Å²) in [6.45, 7) is 11.4. The molecule has 21 heavy (non-hydrogen) atoms. The number of hydrogen-bond acceptors (Lipinski definition) is 1. The summed E-state index contributed by atoms with van der Waals surface area (Å²) < 4.78 is 2.53. The molecular weight excluding hydrogens is 258 g/mol. The Bertz CT molecular complexity index is 556. The van der Waals surface area contributed by atoms with Crippen molar-refractivity contribution in [1.82, 2.24) is 4.57 Å². The van der Waals surface area contributed by atoms with Gasteiger partial charge in [0, 0.05) is 29.4 Å². The molecule has 1 saturated carbocycles. The van der Waals surface area contributed by atoms with E-state index in [-0.39, 0.29) is 5.41 Å². The van der Waals surface area contributed by atoms with E-state index in [0.29, 0.717) is 18.2 Å². The highest BCUT2D eigenvalue weighted by atomic mass is 16.1. The number of Topliss-reactive ketones (excluding diaryl/α,β-unsaturated/α-hetero) is 1. The zero-order chi connectivity index (χ0) is 15.4. The molecule has 3 rings (SSSR count). The number of ketones is 1. The minimum absolute atomic E-state index is 0.110. The topological polar surface area (TPSA) is 22.0 Å². The van der Waals surface area contributed by atoms with Gasteiger partial charge in [-0.1, -0.05) is 27.7 Å². The van der Waals surface area contributed by atoms with Crippen molar-refractivity contribution >= 4 is 5.78 Å². The van der Waals surface area contributed by atoms with Crippen LogP contribution in [0.2, 0.25) is 0 Å². The summed E-state index contributed by atoms with van der Waals surface area (Å²) in [6, 6.07) is 2.74. The second-order valence-corrected chi connectivity index (χ2v) is 8.53. The molecule has 0 aliphatic heterocycles. The molecule has 2 heteroatoms. The van der Waals surface area contributed by atoms with Crippen molar-refractivity contribution in [3.05, 3.63) is 23.0 Å². The van der Waals surface area contributed by atoms with Crippen LogP contribution in [0, 0.1) is 24.2 Å². The summed E-state index contributed by atoms with van der Waals surface area (Å²) in [5.41, 5.74) is 3.73. The van der Waals surface area contributed by atoms with Gasteiger partial charge in [0.25, 0.3) is 0 Å². The Morgan fingerprint density at radius 1 is 1.10 bits per heavy atom. The maximum absolute atomic E-state index is 12.5. The molecule has 0 N–H and O–H groups in total. The smallest absolute Gasteiger partial charge is 0.165 e. The van der Waals surface area contributed by atoms with E-state index in [1.165, 1.54) is 30.7 Å². The highest BCUT2D eigenvalue weighted by Gasteiger charge is 2.36. The van der Waals surface area contributed by atoms with Gasteiger partial charge < -0.3 is 4.57 Å². The third-order valence-corrected chi connectivity index (χ3v) is 5.44. The third-order valence-electron chi connectivity index (χ3n) is 5.44. The fourth-order valence-corrected chi connectivity index (χ4v) is 4.80. The van der Waals surface area contributed by atoms with Gasteiger partial charge in [-0.25, -0.2) is 0 Å². The van der Waals surface area contributed by atoms with E-state index < -0.39 is 0 Å². The second-order valence-electron chi connectivity index (χ2n) is 8.53. The Kier molecular flexibility index (Phi) is 3.54. The molecule has 2 aliphatic rings. The van der Waals surface area contributed by atoms with Crippen LogP contribution in [-0.2, 0) is 6.42 Å². The number of carbonyl (C=O) groups is 1. The SMILES string of the molecule is Cc1cc2c(n1C1CC(C)CC(C)C1)CC(C)(C)CC2=O. The summed E-state index contributed by atoms with van der Waals surface area (Å²) in [7, 11) is 0. The van der Waals surface area contributed by atoms with Crippen LogP contribution >= 0.6 is 0 Å². The van der Waals surface area contributed by atoms with Crippen molar-refractivity contribution in [2.75, 3.05) is 0 Å². The standard InChI is InChI=1S/C19H29NO/c1-12-6-13(2)8-15(7-12)20-14(3)9-16-17(20)10-19(4,5)11-18(16)21/h9,12-13,15H,6-8,10-11H2,1-5H3. The average molecular weight is 287 g/mol. The molecule has 0 radical (unpaired) electrons. The predicted molar refractivity (Wildman–Crippen MR) is 86.8 cm³/mol. The van der Waals surface area contributed by atoms with Crippen LogP contribution < -0.4 is 0 Å². The number of aryl methyl sites for hydroxylation is 1. The number of fused-ring (bicyclic) bond motifs is 1. The first kappa shape index (κ1) is 14.9. The molecule has 1 heterocycles.